The number of benzene rings is 2. The molecule has 0 radical (unpaired) electrons. The molecule has 0 aliphatic heterocycles. The maximum absolute atomic E-state index is 13.3. The van der Waals surface area contributed by atoms with E-state index < -0.39 is 23.2 Å². The van der Waals surface area contributed by atoms with Crippen LogP contribution < -0.4 is 16.2 Å². The Morgan fingerprint density at radius 2 is 1.58 bits per heavy atom. The summed E-state index contributed by atoms with van der Waals surface area (Å²) in [5.74, 6) is -1.79. The van der Waals surface area contributed by atoms with Gasteiger partial charge in [-0.3, -0.25) is 19.2 Å². The van der Waals surface area contributed by atoms with Crippen molar-refractivity contribution in [2.24, 2.45) is 5.41 Å². The van der Waals surface area contributed by atoms with Gasteiger partial charge in [-0.25, -0.2) is 4.39 Å². The number of anilines is 2. The van der Waals surface area contributed by atoms with E-state index in [-0.39, 0.29) is 28.0 Å². The largest absolute Gasteiger partial charge is 0.325 e. The quantitative estimate of drug-likeness (QED) is 0.558. The van der Waals surface area contributed by atoms with E-state index in [0.29, 0.717) is 29.8 Å². The van der Waals surface area contributed by atoms with E-state index in [9.17, 15) is 23.6 Å². The molecule has 3 N–H and O–H groups in total. The van der Waals surface area contributed by atoms with Crippen LogP contribution in [0, 0.1) is 11.2 Å². The van der Waals surface area contributed by atoms with Crippen molar-refractivity contribution in [2.45, 2.75) is 26.7 Å². The van der Waals surface area contributed by atoms with Crippen molar-refractivity contribution in [3.8, 4) is 0 Å². The molecule has 7 nitrogen and oxygen atoms in total. The van der Waals surface area contributed by atoms with Gasteiger partial charge in [0.2, 0.25) is 0 Å². The van der Waals surface area contributed by atoms with Crippen LogP contribution in [0.4, 0.5) is 15.8 Å². The van der Waals surface area contributed by atoms with Crippen LogP contribution in [0.15, 0.2) is 59.4 Å². The summed E-state index contributed by atoms with van der Waals surface area (Å²) < 4.78 is 13.3. The van der Waals surface area contributed by atoms with Gasteiger partial charge in [-0.2, -0.15) is 0 Å². The van der Waals surface area contributed by atoms with Crippen molar-refractivity contribution in [1.82, 2.24) is 4.98 Å². The molecule has 1 aliphatic rings. The van der Waals surface area contributed by atoms with Gasteiger partial charge in [0.05, 0.1) is 0 Å². The lowest BCUT2D eigenvalue weighted by atomic mass is 9.75. The van der Waals surface area contributed by atoms with E-state index in [0.717, 1.165) is 0 Å². The Balaban J connectivity index is 1.54. The molecule has 0 unspecified atom stereocenters. The van der Waals surface area contributed by atoms with Crippen LogP contribution in [0.5, 0.6) is 0 Å². The molecule has 168 valence electrons. The number of ketones is 1. The van der Waals surface area contributed by atoms with Crippen molar-refractivity contribution in [1.29, 1.82) is 0 Å². The predicted molar refractivity (Wildman–Crippen MR) is 122 cm³/mol. The molecule has 0 saturated carbocycles. The van der Waals surface area contributed by atoms with Crippen LogP contribution >= 0.6 is 0 Å². The molecule has 0 bridgehead atoms. The molecule has 4 rings (SSSR count). The number of hydrogen-bond acceptors (Lipinski definition) is 4. The molecule has 2 aromatic carbocycles. The van der Waals surface area contributed by atoms with Gasteiger partial charge >= 0.3 is 0 Å². The summed E-state index contributed by atoms with van der Waals surface area (Å²) in [4.78, 5) is 53.0. The first-order valence-corrected chi connectivity index (χ1v) is 10.4. The molecule has 33 heavy (non-hydrogen) atoms. The van der Waals surface area contributed by atoms with Gasteiger partial charge in [0.1, 0.15) is 11.4 Å². The zero-order chi connectivity index (χ0) is 23.8. The van der Waals surface area contributed by atoms with Crippen LogP contribution in [-0.2, 0) is 6.42 Å². The number of rotatable bonds is 4. The molecule has 0 fully saturated rings. The Morgan fingerprint density at radius 3 is 2.30 bits per heavy atom. The summed E-state index contributed by atoms with van der Waals surface area (Å²) in [6, 6.07) is 12.9. The lowest BCUT2D eigenvalue weighted by Crippen LogP contribution is -2.32. The molecule has 3 aromatic rings. The normalized spacial score (nSPS) is 14.3. The maximum atomic E-state index is 13.3. The molecule has 1 aliphatic carbocycles. The Kier molecular flexibility index (Phi) is 5.68. The van der Waals surface area contributed by atoms with Crippen molar-refractivity contribution in [3.05, 3.63) is 93.2 Å². The van der Waals surface area contributed by atoms with E-state index >= 15 is 0 Å². The number of H-pyrrole nitrogens is 1. The Labute approximate surface area is 189 Å². The highest BCUT2D eigenvalue weighted by atomic mass is 19.1. The van der Waals surface area contributed by atoms with Gasteiger partial charge in [-0.1, -0.05) is 26.0 Å². The first kappa shape index (κ1) is 22.1. The minimum absolute atomic E-state index is 0.123. The summed E-state index contributed by atoms with van der Waals surface area (Å²) in [6.45, 7) is 3.90. The lowest BCUT2D eigenvalue weighted by Gasteiger charge is -2.29. The van der Waals surface area contributed by atoms with Crippen LogP contribution in [0.25, 0.3) is 0 Å². The van der Waals surface area contributed by atoms with Crippen molar-refractivity contribution < 1.29 is 18.8 Å². The fraction of sp³-hybridized carbons (Fsp3) is 0.200. The number of aromatic amines is 1. The number of aromatic nitrogens is 1. The second kappa shape index (κ2) is 8.46. The smallest absolute Gasteiger partial charge is 0.261 e. The number of halogens is 1. The van der Waals surface area contributed by atoms with Crippen molar-refractivity contribution >= 4 is 29.0 Å². The molecule has 1 aromatic heterocycles. The molecule has 0 saturated heterocycles. The number of Topliss-reactive ketones (excluding diaryl/α,β-unsaturated/α-hetero) is 1. The predicted octanol–water partition coefficient (Wildman–Crippen LogP) is 4.17. The van der Waals surface area contributed by atoms with Crippen LogP contribution in [0.1, 0.15) is 57.0 Å². The van der Waals surface area contributed by atoms with Crippen molar-refractivity contribution in [3.63, 3.8) is 0 Å². The van der Waals surface area contributed by atoms with E-state index in [2.05, 4.69) is 15.6 Å². The van der Waals surface area contributed by atoms with Gasteiger partial charge < -0.3 is 15.6 Å². The zero-order valence-corrected chi connectivity index (χ0v) is 18.1. The second-order valence-corrected chi connectivity index (χ2v) is 8.84. The van der Waals surface area contributed by atoms with Gasteiger partial charge in [0, 0.05) is 34.6 Å². The molecule has 0 atom stereocenters. The Bertz CT molecular complexity index is 1340. The average molecular weight is 447 g/mol. The van der Waals surface area contributed by atoms with Gasteiger partial charge in [-0.15, -0.1) is 0 Å². The third-order valence-corrected chi connectivity index (χ3v) is 5.43. The second-order valence-electron chi connectivity index (χ2n) is 8.84. The number of fused-ring (bicyclic) bond motifs is 1. The standard InChI is InChI=1S/C25H22FN3O4/c1-25(2)12-20-18(21(30)13-25)11-19(24(33)29-20)23(32)28-16-7-3-5-14(9-16)22(31)27-17-8-4-6-15(26)10-17/h3-11H,12-13H2,1-2H3,(H,27,31)(H,28,32)(H,29,33). The first-order chi connectivity index (χ1) is 15.6. The highest BCUT2D eigenvalue weighted by molar-refractivity contribution is 6.08. The summed E-state index contributed by atoms with van der Waals surface area (Å²) in [6.07, 6.45) is 0.864. The minimum atomic E-state index is -0.695. The number of carbonyl (C=O) groups is 3. The Morgan fingerprint density at radius 1 is 0.909 bits per heavy atom. The molecule has 1 heterocycles. The number of nitrogens with one attached hydrogen (secondary N) is 3. The molecular formula is C25H22FN3O4. The lowest BCUT2D eigenvalue weighted by molar-refractivity contribution is 0.0909. The number of hydrogen-bond donors (Lipinski definition) is 3. The first-order valence-electron chi connectivity index (χ1n) is 10.4. The molecule has 8 heteroatoms. The van der Waals surface area contributed by atoms with Crippen LogP contribution in [-0.4, -0.2) is 22.6 Å². The number of carbonyl (C=O) groups excluding carboxylic acids is 3. The monoisotopic (exact) mass is 447 g/mol. The SMILES string of the molecule is CC1(C)CC(=O)c2cc(C(=O)Nc3cccc(C(=O)Nc4cccc(F)c4)c3)c(=O)[nH]c2C1. The molecule has 0 spiro atoms. The third kappa shape index (κ3) is 4.90. The van der Waals surface area contributed by atoms with E-state index in [4.69, 9.17) is 0 Å². The molecular weight excluding hydrogens is 425 g/mol. The van der Waals surface area contributed by atoms with E-state index in [1.165, 1.54) is 36.4 Å². The van der Waals surface area contributed by atoms with Gasteiger partial charge in [-0.05, 0) is 54.3 Å². The summed E-state index contributed by atoms with van der Waals surface area (Å²) in [7, 11) is 0. The fourth-order valence-electron chi connectivity index (χ4n) is 3.90. The van der Waals surface area contributed by atoms with Crippen LogP contribution in [0.3, 0.4) is 0 Å². The number of amides is 2. The average Bonchev–Trinajstić information content (AvgIpc) is 2.72. The number of pyridine rings is 1. The Hall–Kier alpha value is -4.07. The summed E-state index contributed by atoms with van der Waals surface area (Å²) >= 11 is 0. The maximum Gasteiger partial charge on any atom is 0.261 e. The van der Waals surface area contributed by atoms with Crippen molar-refractivity contribution in [2.75, 3.05) is 10.6 Å². The fourth-order valence-corrected chi connectivity index (χ4v) is 3.90. The third-order valence-electron chi connectivity index (χ3n) is 5.43. The molecule has 2 amide bonds. The van der Waals surface area contributed by atoms with E-state index in [1.54, 1.807) is 18.2 Å². The topological polar surface area (TPSA) is 108 Å². The highest BCUT2D eigenvalue weighted by Gasteiger charge is 2.32. The van der Waals surface area contributed by atoms with Crippen LogP contribution in [0.2, 0.25) is 0 Å². The summed E-state index contributed by atoms with van der Waals surface area (Å²) in [5, 5.41) is 5.18. The van der Waals surface area contributed by atoms with Gasteiger partial charge in [0.15, 0.2) is 5.78 Å². The highest BCUT2D eigenvalue weighted by Crippen LogP contribution is 2.33. The summed E-state index contributed by atoms with van der Waals surface area (Å²) in [5.41, 5.74) is 0.668. The van der Waals surface area contributed by atoms with Gasteiger partial charge in [0.25, 0.3) is 17.4 Å². The minimum Gasteiger partial charge on any atom is -0.325 e. The van der Waals surface area contributed by atoms with E-state index in [1.807, 2.05) is 13.8 Å². The zero-order valence-electron chi connectivity index (χ0n) is 18.1.